The number of hydrogen-bond acceptors (Lipinski definition) is 3. The number of benzene rings is 1. The van der Waals surface area contributed by atoms with E-state index < -0.39 is 0 Å². The molecule has 1 fully saturated rings. The molecular weight excluding hydrogens is 324 g/mol. The summed E-state index contributed by atoms with van der Waals surface area (Å²) in [5, 5.41) is 6.36. The molecule has 0 aromatic heterocycles. The lowest BCUT2D eigenvalue weighted by Gasteiger charge is -2.10. The molecule has 136 valence electrons. The molecule has 1 atom stereocenters. The van der Waals surface area contributed by atoms with Crippen LogP contribution in [-0.4, -0.2) is 32.1 Å². The summed E-state index contributed by atoms with van der Waals surface area (Å²) in [5.41, 5.74) is 1.22. The Balaban J connectivity index is 0.00000288. The van der Waals surface area contributed by atoms with Crippen molar-refractivity contribution in [3.8, 4) is 5.75 Å². The Morgan fingerprint density at radius 2 is 2.08 bits per heavy atom. The van der Waals surface area contributed by atoms with Crippen molar-refractivity contribution in [1.29, 1.82) is 0 Å². The molecule has 0 spiro atoms. The molecule has 24 heavy (non-hydrogen) atoms. The number of carbonyl (C=O) groups is 1. The van der Waals surface area contributed by atoms with Crippen molar-refractivity contribution in [2.45, 2.75) is 39.5 Å². The number of nitrogens with one attached hydrogen (secondary N) is 2. The van der Waals surface area contributed by atoms with Gasteiger partial charge in [-0.25, -0.2) is 0 Å². The van der Waals surface area contributed by atoms with Gasteiger partial charge >= 0.3 is 0 Å². The van der Waals surface area contributed by atoms with Crippen molar-refractivity contribution in [1.82, 2.24) is 10.6 Å². The first-order valence-electron chi connectivity index (χ1n) is 8.82. The van der Waals surface area contributed by atoms with Gasteiger partial charge in [0.25, 0.3) is 0 Å². The van der Waals surface area contributed by atoms with Gasteiger partial charge in [-0.15, -0.1) is 12.4 Å². The number of rotatable bonds is 9. The molecule has 0 radical (unpaired) electrons. The molecule has 1 aliphatic rings. The van der Waals surface area contributed by atoms with E-state index in [2.05, 4.69) is 36.6 Å². The van der Waals surface area contributed by atoms with E-state index in [-0.39, 0.29) is 18.3 Å². The van der Waals surface area contributed by atoms with Gasteiger partial charge in [-0.3, -0.25) is 4.79 Å². The van der Waals surface area contributed by atoms with E-state index in [1.807, 2.05) is 12.1 Å². The van der Waals surface area contributed by atoms with Gasteiger partial charge < -0.3 is 15.4 Å². The minimum atomic E-state index is 0. The fraction of sp³-hybridized carbons (Fsp3) is 0.632. The smallest absolute Gasteiger partial charge is 0.220 e. The molecule has 2 rings (SSSR count). The average Bonchev–Trinajstić information content (AvgIpc) is 3.05. The zero-order valence-electron chi connectivity index (χ0n) is 14.8. The van der Waals surface area contributed by atoms with Crippen LogP contribution in [0.15, 0.2) is 24.3 Å². The van der Waals surface area contributed by atoms with E-state index in [0.29, 0.717) is 24.8 Å². The molecule has 1 amide bonds. The predicted molar refractivity (Wildman–Crippen MR) is 101 cm³/mol. The van der Waals surface area contributed by atoms with E-state index in [1.54, 1.807) is 0 Å². The van der Waals surface area contributed by atoms with Crippen molar-refractivity contribution >= 4 is 18.3 Å². The fourth-order valence-electron chi connectivity index (χ4n) is 2.75. The van der Waals surface area contributed by atoms with Crippen LogP contribution >= 0.6 is 12.4 Å². The highest BCUT2D eigenvalue weighted by atomic mass is 35.5. The van der Waals surface area contributed by atoms with Crippen LogP contribution in [0.4, 0.5) is 0 Å². The normalized spacial score (nSPS) is 16.7. The first kappa shape index (κ1) is 20.8. The molecule has 1 unspecified atom stereocenters. The molecule has 5 heteroatoms. The first-order valence-corrected chi connectivity index (χ1v) is 8.82. The van der Waals surface area contributed by atoms with Crippen LogP contribution in [-0.2, 0) is 11.2 Å². The van der Waals surface area contributed by atoms with Crippen molar-refractivity contribution in [3.63, 3.8) is 0 Å². The maximum absolute atomic E-state index is 11.8. The predicted octanol–water partition coefficient (Wildman–Crippen LogP) is 3.19. The lowest BCUT2D eigenvalue weighted by atomic mass is 10.0. The van der Waals surface area contributed by atoms with Crippen molar-refractivity contribution in [2.24, 2.45) is 11.8 Å². The maximum atomic E-state index is 11.8. The lowest BCUT2D eigenvalue weighted by molar-refractivity contribution is -0.121. The summed E-state index contributed by atoms with van der Waals surface area (Å²) in [4.78, 5) is 11.8. The first-order chi connectivity index (χ1) is 11.1. The Morgan fingerprint density at radius 3 is 2.71 bits per heavy atom. The Labute approximate surface area is 152 Å². The number of halogens is 1. The zero-order valence-corrected chi connectivity index (χ0v) is 15.7. The van der Waals surface area contributed by atoms with Crippen molar-refractivity contribution in [2.75, 3.05) is 26.2 Å². The van der Waals surface area contributed by atoms with Crippen LogP contribution in [0.3, 0.4) is 0 Å². The van der Waals surface area contributed by atoms with Crippen molar-refractivity contribution in [3.05, 3.63) is 29.8 Å². The molecule has 1 aromatic carbocycles. The van der Waals surface area contributed by atoms with Gasteiger partial charge in [0.1, 0.15) is 5.75 Å². The Hall–Kier alpha value is -1.26. The lowest BCUT2D eigenvalue weighted by Crippen LogP contribution is -2.26. The maximum Gasteiger partial charge on any atom is 0.220 e. The summed E-state index contributed by atoms with van der Waals surface area (Å²) in [5.74, 6) is 2.30. The van der Waals surface area contributed by atoms with Gasteiger partial charge in [-0.05, 0) is 61.9 Å². The van der Waals surface area contributed by atoms with E-state index in [0.717, 1.165) is 38.3 Å². The average molecular weight is 355 g/mol. The summed E-state index contributed by atoms with van der Waals surface area (Å²) < 4.78 is 5.67. The molecule has 1 saturated heterocycles. The molecule has 1 aromatic rings. The monoisotopic (exact) mass is 354 g/mol. The fourth-order valence-corrected chi connectivity index (χ4v) is 2.75. The number of carbonyl (C=O) groups excluding carboxylic acids is 1. The third-order valence-corrected chi connectivity index (χ3v) is 4.18. The van der Waals surface area contributed by atoms with Crippen LogP contribution in [0.2, 0.25) is 0 Å². The van der Waals surface area contributed by atoms with Gasteiger partial charge in [0, 0.05) is 13.0 Å². The molecule has 0 bridgehead atoms. The van der Waals surface area contributed by atoms with E-state index in [4.69, 9.17) is 4.74 Å². The highest BCUT2D eigenvalue weighted by Crippen LogP contribution is 2.15. The van der Waals surface area contributed by atoms with Crippen LogP contribution < -0.4 is 15.4 Å². The topological polar surface area (TPSA) is 50.4 Å². The Kier molecular flexibility index (Phi) is 9.80. The number of ether oxygens (including phenoxy) is 1. The molecule has 4 nitrogen and oxygen atoms in total. The quantitative estimate of drug-likeness (QED) is 0.716. The molecule has 0 saturated carbocycles. The van der Waals surface area contributed by atoms with Gasteiger partial charge in [-0.2, -0.15) is 0 Å². The Bertz CT molecular complexity index is 471. The molecule has 2 N–H and O–H groups in total. The largest absolute Gasteiger partial charge is 0.493 e. The summed E-state index contributed by atoms with van der Waals surface area (Å²) in [6.45, 7) is 7.89. The van der Waals surface area contributed by atoms with Crippen LogP contribution in [0, 0.1) is 11.8 Å². The van der Waals surface area contributed by atoms with Crippen LogP contribution in [0.5, 0.6) is 5.75 Å². The second-order valence-corrected chi connectivity index (χ2v) is 6.85. The number of amides is 1. The standard InChI is InChI=1S/C19H30N2O2.ClH/c1-15(2)14-23-18-6-3-16(4-7-18)10-12-21-19(22)8-5-17-9-11-20-13-17;/h3-4,6-7,15,17,20H,5,8-14H2,1-2H3,(H,21,22);1H. The van der Waals surface area contributed by atoms with Gasteiger partial charge in [-0.1, -0.05) is 26.0 Å². The van der Waals surface area contributed by atoms with Crippen molar-refractivity contribution < 1.29 is 9.53 Å². The molecule has 0 aliphatic carbocycles. The highest BCUT2D eigenvalue weighted by Gasteiger charge is 2.15. The Morgan fingerprint density at radius 1 is 1.33 bits per heavy atom. The third-order valence-electron chi connectivity index (χ3n) is 4.18. The van der Waals surface area contributed by atoms with Gasteiger partial charge in [0.05, 0.1) is 6.61 Å². The summed E-state index contributed by atoms with van der Waals surface area (Å²) in [6, 6.07) is 8.16. The van der Waals surface area contributed by atoms with E-state index >= 15 is 0 Å². The van der Waals surface area contributed by atoms with Gasteiger partial charge in [0.15, 0.2) is 0 Å². The second kappa shape index (κ2) is 11.3. The van der Waals surface area contributed by atoms with Gasteiger partial charge in [0.2, 0.25) is 5.91 Å². The van der Waals surface area contributed by atoms with Crippen LogP contribution in [0.1, 0.15) is 38.7 Å². The SMILES string of the molecule is CC(C)COc1ccc(CCNC(=O)CCC2CCNC2)cc1.Cl. The van der Waals surface area contributed by atoms with E-state index in [9.17, 15) is 4.79 Å². The highest BCUT2D eigenvalue weighted by molar-refractivity contribution is 5.85. The number of hydrogen-bond donors (Lipinski definition) is 2. The molecule has 1 aliphatic heterocycles. The summed E-state index contributed by atoms with van der Waals surface area (Å²) in [7, 11) is 0. The summed E-state index contributed by atoms with van der Waals surface area (Å²) >= 11 is 0. The van der Waals surface area contributed by atoms with E-state index in [1.165, 1.54) is 12.0 Å². The zero-order chi connectivity index (χ0) is 16.5. The van der Waals surface area contributed by atoms with Crippen LogP contribution in [0.25, 0.3) is 0 Å². The summed E-state index contributed by atoms with van der Waals surface area (Å²) in [6.07, 6.45) is 3.72. The minimum Gasteiger partial charge on any atom is -0.493 e. The molecule has 1 heterocycles. The second-order valence-electron chi connectivity index (χ2n) is 6.85. The minimum absolute atomic E-state index is 0. The molecular formula is C19H31ClN2O2. The third kappa shape index (κ3) is 8.02.